The molecule has 2 aromatic carbocycles. The lowest BCUT2D eigenvalue weighted by atomic mass is 10.1. The number of carbonyl (C=O) groups is 1. The molecular formula is C20H17N2O3S-. The molecule has 0 aliphatic rings. The number of hydrogen-bond donors (Lipinski definition) is 0. The van der Waals surface area contributed by atoms with Crippen molar-refractivity contribution in [3.05, 3.63) is 71.4 Å². The number of hydrogen-bond acceptors (Lipinski definition) is 6. The molecule has 0 N–H and O–H groups in total. The highest BCUT2D eigenvalue weighted by atomic mass is 32.2. The fourth-order valence-electron chi connectivity index (χ4n) is 2.45. The van der Waals surface area contributed by atoms with Gasteiger partial charge >= 0.3 is 0 Å². The Kier molecular flexibility index (Phi) is 5.53. The number of carboxylic acid groups (broad SMARTS) is 1. The summed E-state index contributed by atoms with van der Waals surface area (Å²) in [6.45, 7) is 1.93. The first-order chi connectivity index (χ1) is 12.5. The van der Waals surface area contributed by atoms with Crippen molar-refractivity contribution in [3.8, 4) is 17.0 Å². The third-order valence-electron chi connectivity index (χ3n) is 3.75. The van der Waals surface area contributed by atoms with Crippen LogP contribution in [-0.4, -0.2) is 23.0 Å². The van der Waals surface area contributed by atoms with E-state index in [1.54, 1.807) is 19.2 Å². The summed E-state index contributed by atoms with van der Waals surface area (Å²) in [5.41, 5.74) is 3.75. The Bertz CT molecular complexity index is 927. The van der Waals surface area contributed by atoms with Gasteiger partial charge < -0.3 is 14.6 Å². The van der Waals surface area contributed by atoms with E-state index in [2.05, 4.69) is 9.97 Å². The lowest BCUT2D eigenvalue weighted by Gasteiger charge is -2.08. The number of carbonyl (C=O) groups excluding carboxylic acids is 1. The Morgan fingerprint density at radius 3 is 2.58 bits per heavy atom. The van der Waals surface area contributed by atoms with Crippen molar-refractivity contribution in [2.45, 2.75) is 17.8 Å². The van der Waals surface area contributed by atoms with Crippen LogP contribution in [0.15, 0.2) is 59.8 Å². The Hall–Kier alpha value is -2.86. The molecule has 0 unspecified atom stereocenters. The number of aryl methyl sites for hydroxylation is 1. The fraction of sp³-hybridized carbons (Fsp3) is 0.150. The van der Waals surface area contributed by atoms with Crippen LogP contribution in [-0.2, 0) is 5.75 Å². The molecular weight excluding hydrogens is 348 g/mol. The Labute approximate surface area is 156 Å². The molecule has 0 spiro atoms. The van der Waals surface area contributed by atoms with Crippen molar-refractivity contribution in [2.24, 2.45) is 0 Å². The van der Waals surface area contributed by atoms with Gasteiger partial charge in [0.1, 0.15) is 5.75 Å². The monoisotopic (exact) mass is 365 g/mol. The molecule has 0 bridgehead atoms. The maximum absolute atomic E-state index is 11.0. The first-order valence-corrected chi connectivity index (χ1v) is 8.97. The van der Waals surface area contributed by atoms with E-state index < -0.39 is 5.97 Å². The average Bonchev–Trinajstić information content (AvgIpc) is 2.66. The van der Waals surface area contributed by atoms with Crippen molar-refractivity contribution in [1.29, 1.82) is 0 Å². The highest BCUT2D eigenvalue weighted by molar-refractivity contribution is 7.98. The number of rotatable bonds is 6. The van der Waals surface area contributed by atoms with Crippen molar-refractivity contribution < 1.29 is 14.6 Å². The standard InChI is InChI=1S/C20H18N2O3S/c1-13-10-18(15-6-8-17(25-2)9-7-15)22-20(21-13)26-12-14-4-3-5-16(11-14)19(23)24/h3-11H,12H2,1-2H3,(H,23,24)/p-1. The minimum absolute atomic E-state index is 0.173. The highest BCUT2D eigenvalue weighted by Gasteiger charge is 2.07. The Morgan fingerprint density at radius 2 is 1.88 bits per heavy atom. The summed E-state index contributed by atoms with van der Waals surface area (Å²) in [5.74, 6) is 0.194. The number of methoxy groups -OCH3 is 1. The normalized spacial score (nSPS) is 10.5. The van der Waals surface area contributed by atoms with Gasteiger partial charge in [0.05, 0.1) is 18.8 Å². The SMILES string of the molecule is COc1ccc(-c2cc(C)nc(SCc3cccc(C(=O)[O-])c3)n2)cc1. The zero-order valence-corrected chi connectivity index (χ0v) is 15.2. The van der Waals surface area contributed by atoms with Gasteiger partial charge in [-0.25, -0.2) is 9.97 Å². The van der Waals surface area contributed by atoms with Gasteiger partial charge in [-0.05, 0) is 54.4 Å². The lowest BCUT2D eigenvalue weighted by Crippen LogP contribution is -2.22. The second kappa shape index (κ2) is 8.01. The van der Waals surface area contributed by atoms with Gasteiger partial charge in [0.15, 0.2) is 5.16 Å². The second-order valence-electron chi connectivity index (χ2n) is 5.68. The van der Waals surface area contributed by atoms with Gasteiger partial charge in [0, 0.05) is 17.0 Å². The molecule has 3 rings (SSSR count). The number of aromatic nitrogens is 2. The van der Waals surface area contributed by atoms with Gasteiger partial charge in [0.2, 0.25) is 0 Å². The molecule has 0 radical (unpaired) electrons. The molecule has 0 atom stereocenters. The molecule has 0 fully saturated rings. The second-order valence-corrected chi connectivity index (χ2v) is 6.62. The van der Waals surface area contributed by atoms with Crippen molar-refractivity contribution in [2.75, 3.05) is 7.11 Å². The van der Waals surface area contributed by atoms with Gasteiger partial charge in [0.25, 0.3) is 0 Å². The molecule has 1 heterocycles. The number of benzene rings is 2. The van der Waals surface area contributed by atoms with Crippen LogP contribution in [0.4, 0.5) is 0 Å². The first-order valence-electron chi connectivity index (χ1n) is 7.98. The van der Waals surface area contributed by atoms with Crippen molar-refractivity contribution in [3.63, 3.8) is 0 Å². The quantitative estimate of drug-likeness (QED) is 0.493. The maximum Gasteiger partial charge on any atom is 0.188 e. The predicted molar refractivity (Wildman–Crippen MR) is 99.1 cm³/mol. The first kappa shape index (κ1) is 17.9. The molecule has 3 aromatic rings. The molecule has 6 heteroatoms. The van der Waals surface area contributed by atoms with E-state index >= 15 is 0 Å². The van der Waals surface area contributed by atoms with Crippen LogP contribution in [0.2, 0.25) is 0 Å². The summed E-state index contributed by atoms with van der Waals surface area (Å²) >= 11 is 1.46. The van der Waals surface area contributed by atoms with E-state index in [0.29, 0.717) is 10.9 Å². The summed E-state index contributed by atoms with van der Waals surface area (Å²) in [7, 11) is 1.63. The molecule has 26 heavy (non-hydrogen) atoms. The van der Waals surface area contributed by atoms with Crippen molar-refractivity contribution in [1.82, 2.24) is 9.97 Å². The molecule has 0 aliphatic carbocycles. The third kappa shape index (κ3) is 4.40. The summed E-state index contributed by atoms with van der Waals surface area (Å²) in [6, 6.07) is 16.4. The molecule has 132 valence electrons. The minimum Gasteiger partial charge on any atom is -0.545 e. The van der Waals surface area contributed by atoms with Crippen LogP contribution >= 0.6 is 11.8 Å². The molecule has 0 saturated heterocycles. The van der Waals surface area contributed by atoms with Gasteiger partial charge in [-0.15, -0.1) is 0 Å². The van der Waals surface area contributed by atoms with E-state index in [4.69, 9.17) is 4.74 Å². The van der Waals surface area contributed by atoms with Crippen LogP contribution in [0.3, 0.4) is 0 Å². The van der Waals surface area contributed by atoms with Gasteiger partial charge in [-0.3, -0.25) is 0 Å². The van der Waals surface area contributed by atoms with Crippen LogP contribution in [0, 0.1) is 6.92 Å². The largest absolute Gasteiger partial charge is 0.545 e. The number of aromatic carboxylic acids is 1. The summed E-state index contributed by atoms with van der Waals surface area (Å²) < 4.78 is 5.18. The number of nitrogens with zero attached hydrogens (tertiary/aromatic N) is 2. The van der Waals surface area contributed by atoms with E-state index in [-0.39, 0.29) is 5.56 Å². The van der Waals surface area contributed by atoms with Crippen LogP contribution < -0.4 is 9.84 Å². The van der Waals surface area contributed by atoms with Crippen LogP contribution in [0.5, 0.6) is 5.75 Å². The predicted octanol–water partition coefficient (Wildman–Crippen LogP) is 3.12. The number of carboxylic acids is 1. The number of ether oxygens (including phenoxy) is 1. The van der Waals surface area contributed by atoms with Crippen LogP contribution in [0.1, 0.15) is 21.6 Å². The summed E-state index contributed by atoms with van der Waals surface area (Å²) in [4.78, 5) is 20.0. The van der Waals surface area contributed by atoms with Crippen molar-refractivity contribution >= 4 is 17.7 Å². The minimum atomic E-state index is -1.18. The van der Waals surface area contributed by atoms with Crippen LogP contribution in [0.25, 0.3) is 11.3 Å². The molecule has 0 aliphatic heterocycles. The smallest absolute Gasteiger partial charge is 0.188 e. The maximum atomic E-state index is 11.0. The van der Waals surface area contributed by atoms with Gasteiger partial charge in [-0.1, -0.05) is 30.0 Å². The molecule has 0 amide bonds. The van der Waals surface area contributed by atoms with E-state index in [1.165, 1.54) is 17.8 Å². The highest BCUT2D eigenvalue weighted by Crippen LogP contribution is 2.25. The summed E-state index contributed by atoms with van der Waals surface area (Å²) in [6.07, 6.45) is 0. The topological polar surface area (TPSA) is 75.1 Å². The fourth-order valence-corrected chi connectivity index (χ4v) is 3.30. The van der Waals surface area contributed by atoms with E-state index in [0.717, 1.165) is 28.3 Å². The lowest BCUT2D eigenvalue weighted by molar-refractivity contribution is -0.255. The molecule has 5 nitrogen and oxygen atoms in total. The zero-order chi connectivity index (χ0) is 18.5. The van der Waals surface area contributed by atoms with E-state index in [9.17, 15) is 9.90 Å². The zero-order valence-electron chi connectivity index (χ0n) is 14.4. The van der Waals surface area contributed by atoms with Gasteiger partial charge in [-0.2, -0.15) is 0 Å². The Morgan fingerprint density at radius 1 is 1.12 bits per heavy atom. The summed E-state index contributed by atoms with van der Waals surface area (Å²) in [5, 5.41) is 11.6. The molecule has 1 aromatic heterocycles. The number of thioether (sulfide) groups is 1. The Balaban J connectivity index is 1.79. The van der Waals surface area contributed by atoms with E-state index in [1.807, 2.05) is 43.3 Å². The third-order valence-corrected chi connectivity index (χ3v) is 4.67. The molecule has 0 saturated carbocycles. The average molecular weight is 365 g/mol.